The lowest BCUT2D eigenvalue weighted by Gasteiger charge is -2.13. The third-order valence-electron chi connectivity index (χ3n) is 5.01. The quantitative estimate of drug-likeness (QED) is 0.549. The summed E-state index contributed by atoms with van der Waals surface area (Å²) in [6, 6.07) is 8.78. The number of alkyl halides is 2. The summed E-state index contributed by atoms with van der Waals surface area (Å²) in [5.41, 5.74) is 5.51. The van der Waals surface area contributed by atoms with Gasteiger partial charge in [0, 0.05) is 34.6 Å². The van der Waals surface area contributed by atoms with Gasteiger partial charge in [0.2, 0.25) is 0 Å². The molecule has 0 radical (unpaired) electrons. The van der Waals surface area contributed by atoms with E-state index in [0.717, 1.165) is 39.7 Å². The SMILES string of the molecule is Cc1cc(-c2nc(-c3ccc(OC(F)F)c(Cl)c3)n3c2CCO[C@H](C)C3)cc(C)n1. The van der Waals surface area contributed by atoms with Crippen molar-refractivity contribution in [2.75, 3.05) is 6.61 Å². The number of hydrogen-bond donors (Lipinski definition) is 0. The molecular weight excluding hydrogens is 412 g/mol. The lowest BCUT2D eigenvalue weighted by atomic mass is 10.1. The molecule has 0 unspecified atom stereocenters. The van der Waals surface area contributed by atoms with E-state index in [4.69, 9.17) is 21.3 Å². The highest BCUT2D eigenvalue weighted by Gasteiger charge is 2.24. The van der Waals surface area contributed by atoms with Crippen molar-refractivity contribution in [3.05, 3.63) is 52.4 Å². The van der Waals surface area contributed by atoms with Crippen LogP contribution in [0.2, 0.25) is 5.02 Å². The van der Waals surface area contributed by atoms with Gasteiger partial charge in [-0.25, -0.2) is 4.98 Å². The number of nitrogens with zero attached hydrogens (tertiary/aromatic N) is 3. The zero-order valence-electron chi connectivity index (χ0n) is 17.0. The van der Waals surface area contributed by atoms with Crippen molar-refractivity contribution in [3.63, 3.8) is 0 Å². The molecule has 2 aromatic heterocycles. The molecule has 1 aromatic carbocycles. The van der Waals surface area contributed by atoms with Gasteiger partial charge in [0.05, 0.1) is 30.0 Å². The van der Waals surface area contributed by atoms with Gasteiger partial charge in [0.1, 0.15) is 11.6 Å². The highest BCUT2D eigenvalue weighted by atomic mass is 35.5. The minimum Gasteiger partial charge on any atom is -0.433 e. The van der Waals surface area contributed by atoms with Crippen LogP contribution >= 0.6 is 11.6 Å². The van der Waals surface area contributed by atoms with Gasteiger partial charge in [-0.3, -0.25) is 4.98 Å². The molecule has 5 nitrogen and oxygen atoms in total. The molecule has 1 atom stereocenters. The van der Waals surface area contributed by atoms with Gasteiger partial charge >= 0.3 is 6.61 Å². The summed E-state index contributed by atoms with van der Waals surface area (Å²) in [4.78, 5) is 9.41. The molecule has 1 aliphatic rings. The Balaban J connectivity index is 1.86. The van der Waals surface area contributed by atoms with Gasteiger partial charge in [0.15, 0.2) is 0 Å². The second kappa shape index (κ2) is 8.32. The first-order chi connectivity index (χ1) is 14.3. The van der Waals surface area contributed by atoms with Crippen LogP contribution in [0.3, 0.4) is 0 Å². The summed E-state index contributed by atoms with van der Waals surface area (Å²) in [6.07, 6.45) is 0.734. The Hall–Kier alpha value is -2.51. The minimum atomic E-state index is -2.93. The van der Waals surface area contributed by atoms with Crippen LogP contribution < -0.4 is 4.74 Å². The maximum atomic E-state index is 12.6. The molecule has 3 aromatic rings. The lowest BCUT2D eigenvalue weighted by molar-refractivity contribution is -0.0497. The van der Waals surface area contributed by atoms with Crippen LogP contribution in [0.15, 0.2) is 30.3 Å². The van der Waals surface area contributed by atoms with Crippen molar-refractivity contribution >= 4 is 11.6 Å². The fraction of sp³-hybridized carbons (Fsp3) is 0.364. The molecule has 158 valence electrons. The fourth-order valence-electron chi connectivity index (χ4n) is 3.86. The van der Waals surface area contributed by atoms with Gasteiger partial charge in [-0.2, -0.15) is 8.78 Å². The second-order valence-corrected chi connectivity index (χ2v) is 7.84. The Bertz CT molecular complexity index is 1060. The summed E-state index contributed by atoms with van der Waals surface area (Å²) in [5.74, 6) is 0.658. The van der Waals surface area contributed by atoms with Crippen molar-refractivity contribution in [2.45, 2.75) is 46.5 Å². The maximum absolute atomic E-state index is 12.6. The van der Waals surface area contributed by atoms with E-state index in [9.17, 15) is 8.78 Å². The predicted octanol–water partition coefficient (Wildman–Crippen LogP) is 5.44. The number of rotatable bonds is 4. The van der Waals surface area contributed by atoms with E-state index in [2.05, 4.69) is 14.3 Å². The van der Waals surface area contributed by atoms with Crippen molar-refractivity contribution in [3.8, 4) is 28.4 Å². The van der Waals surface area contributed by atoms with E-state index < -0.39 is 6.61 Å². The smallest absolute Gasteiger partial charge is 0.387 e. The number of imidazole rings is 1. The Morgan fingerprint density at radius 2 is 1.87 bits per heavy atom. The van der Waals surface area contributed by atoms with Crippen LogP contribution in [0.1, 0.15) is 24.0 Å². The molecule has 30 heavy (non-hydrogen) atoms. The Labute approximate surface area is 178 Å². The molecule has 3 heterocycles. The van der Waals surface area contributed by atoms with Crippen molar-refractivity contribution < 1.29 is 18.3 Å². The molecule has 0 bridgehead atoms. The zero-order valence-corrected chi connectivity index (χ0v) is 17.7. The number of aromatic nitrogens is 3. The average Bonchev–Trinajstić information content (AvgIpc) is 2.89. The fourth-order valence-corrected chi connectivity index (χ4v) is 4.08. The third kappa shape index (κ3) is 4.18. The first-order valence-corrected chi connectivity index (χ1v) is 10.1. The standard InChI is InChI=1S/C22H22ClF2N3O2/c1-12-8-16(9-13(2)26-12)20-18-6-7-29-14(3)11-28(18)21(27-20)15-4-5-19(17(23)10-15)30-22(24)25/h4-5,8-10,14,22H,6-7,11H2,1-3H3/t14-/m1/s1. The minimum absolute atomic E-state index is 0.0184. The third-order valence-corrected chi connectivity index (χ3v) is 5.31. The zero-order chi connectivity index (χ0) is 21.4. The van der Waals surface area contributed by atoms with Gasteiger partial charge in [-0.15, -0.1) is 0 Å². The molecule has 0 fully saturated rings. The van der Waals surface area contributed by atoms with Crippen LogP contribution in [0.4, 0.5) is 8.78 Å². The Kier molecular flexibility index (Phi) is 5.75. The molecule has 8 heteroatoms. The molecule has 0 saturated carbocycles. The number of hydrogen-bond acceptors (Lipinski definition) is 4. The topological polar surface area (TPSA) is 49.2 Å². The van der Waals surface area contributed by atoms with Gasteiger partial charge in [-0.05, 0) is 51.1 Å². The summed E-state index contributed by atoms with van der Waals surface area (Å²) in [6.45, 7) is 4.24. The normalized spacial score (nSPS) is 16.4. The first-order valence-electron chi connectivity index (χ1n) is 9.73. The highest BCUT2D eigenvalue weighted by Crippen LogP contribution is 2.35. The van der Waals surface area contributed by atoms with E-state index in [1.165, 1.54) is 6.07 Å². The van der Waals surface area contributed by atoms with Crippen LogP contribution in [-0.4, -0.2) is 33.9 Å². The van der Waals surface area contributed by atoms with Crippen molar-refractivity contribution in [2.24, 2.45) is 0 Å². The Morgan fingerprint density at radius 1 is 1.13 bits per heavy atom. The number of ether oxygens (including phenoxy) is 2. The summed E-state index contributed by atoms with van der Waals surface area (Å²) < 4.78 is 37.6. The van der Waals surface area contributed by atoms with Gasteiger partial charge in [-0.1, -0.05) is 11.6 Å². The average molecular weight is 434 g/mol. The largest absolute Gasteiger partial charge is 0.433 e. The molecule has 0 saturated heterocycles. The number of halogens is 3. The number of pyridine rings is 1. The van der Waals surface area contributed by atoms with Gasteiger partial charge in [0.25, 0.3) is 0 Å². The van der Waals surface area contributed by atoms with Crippen molar-refractivity contribution in [1.29, 1.82) is 0 Å². The molecule has 0 spiro atoms. The first kappa shape index (κ1) is 20.8. The molecule has 0 N–H and O–H groups in total. The van der Waals surface area contributed by atoms with Crippen LogP contribution in [-0.2, 0) is 17.7 Å². The highest BCUT2D eigenvalue weighted by molar-refractivity contribution is 6.32. The summed E-state index contributed by atoms with van der Waals surface area (Å²) >= 11 is 6.20. The Morgan fingerprint density at radius 3 is 2.53 bits per heavy atom. The molecular formula is C22H22ClF2N3O2. The van der Waals surface area contributed by atoms with Crippen LogP contribution in [0, 0.1) is 13.8 Å². The monoisotopic (exact) mass is 433 g/mol. The molecule has 1 aliphatic heterocycles. The molecule has 0 aliphatic carbocycles. The number of fused-ring (bicyclic) bond motifs is 1. The van der Waals surface area contributed by atoms with E-state index in [1.54, 1.807) is 12.1 Å². The van der Waals surface area contributed by atoms with E-state index in [0.29, 0.717) is 19.6 Å². The maximum Gasteiger partial charge on any atom is 0.387 e. The summed E-state index contributed by atoms with van der Waals surface area (Å²) in [5, 5.41) is 0.111. The molecule has 0 amide bonds. The van der Waals surface area contributed by atoms with Crippen LogP contribution in [0.25, 0.3) is 22.6 Å². The number of benzene rings is 1. The van der Waals surface area contributed by atoms with Crippen LogP contribution in [0.5, 0.6) is 5.75 Å². The van der Waals surface area contributed by atoms with E-state index >= 15 is 0 Å². The second-order valence-electron chi connectivity index (χ2n) is 7.44. The molecule has 4 rings (SSSR count). The van der Waals surface area contributed by atoms with Crippen molar-refractivity contribution in [1.82, 2.24) is 14.5 Å². The van der Waals surface area contributed by atoms with E-state index in [-0.39, 0.29) is 16.9 Å². The van der Waals surface area contributed by atoms with Gasteiger partial charge < -0.3 is 14.0 Å². The van der Waals surface area contributed by atoms with E-state index in [1.807, 2.05) is 32.9 Å². The summed E-state index contributed by atoms with van der Waals surface area (Å²) in [7, 11) is 0. The predicted molar refractivity (Wildman–Crippen MR) is 111 cm³/mol. The number of aryl methyl sites for hydroxylation is 2. The lowest BCUT2D eigenvalue weighted by Crippen LogP contribution is -2.15.